The molecule has 0 saturated carbocycles. The Morgan fingerprint density at radius 2 is 2.31 bits per heavy atom. The van der Waals surface area contributed by atoms with Crippen molar-refractivity contribution in [2.24, 2.45) is 5.92 Å². The van der Waals surface area contributed by atoms with E-state index in [0.717, 1.165) is 12.8 Å². The van der Waals surface area contributed by atoms with E-state index in [1.165, 1.54) is 5.57 Å². The first-order chi connectivity index (χ1) is 7.66. The minimum absolute atomic E-state index is 0.0241. The van der Waals surface area contributed by atoms with Gasteiger partial charge < -0.3 is 4.74 Å². The van der Waals surface area contributed by atoms with Crippen LogP contribution in [0.25, 0.3) is 0 Å². The summed E-state index contributed by atoms with van der Waals surface area (Å²) in [6.45, 7) is 4.62. The van der Waals surface area contributed by atoms with Crippen LogP contribution in [0.1, 0.15) is 26.7 Å². The zero-order chi connectivity index (χ0) is 11.5. The predicted molar refractivity (Wildman–Crippen MR) is 67.4 cm³/mol. The molecule has 2 aliphatic rings. The van der Waals surface area contributed by atoms with Gasteiger partial charge in [0.25, 0.3) is 0 Å². The molecule has 0 radical (unpaired) electrons. The fourth-order valence-electron chi connectivity index (χ4n) is 2.13. The van der Waals surface area contributed by atoms with Crippen LogP contribution in [0.2, 0.25) is 0 Å². The van der Waals surface area contributed by atoms with Gasteiger partial charge >= 0.3 is 5.97 Å². The standard InChI is InChI=1S/C13H18O2S/c1-9(2)4-3-7-15-13(14)12-10-5-6-11(8-10)16-12/h4-6,10-12H,3,7-8H2,1-2H3. The van der Waals surface area contributed by atoms with Gasteiger partial charge in [-0.1, -0.05) is 23.8 Å². The van der Waals surface area contributed by atoms with Crippen molar-refractivity contribution in [1.82, 2.24) is 0 Å². The molecule has 1 aliphatic heterocycles. The fourth-order valence-corrected chi connectivity index (χ4v) is 3.60. The molecule has 1 heterocycles. The first kappa shape index (κ1) is 11.8. The van der Waals surface area contributed by atoms with Gasteiger partial charge in [0.05, 0.1) is 6.61 Å². The maximum absolute atomic E-state index is 11.8. The van der Waals surface area contributed by atoms with Crippen molar-refractivity contribution >= 4 is 17.7 Å². The first-order valence-electron chi connectivity index (χ1n) is 5.80. The minimum atomic E-state index is -0.0241. The lowest BCUT2D eigenvalue weighted by Gasteiger charge is -2.15. The Morgan fingerprint density at radius 1 is 1.50 bits per heavy atom. The van der Waals surface area contributed by atoms with Gasteiger partial charge in [-0.2, -0.15) is 0 Å². The summed E-state index contributed by atoms with van der Waals surface area (Å²) in [6, 6.07) is 0. The number of carbonyl (C=O) groups excluding carboxylic acids is 1. The van der Waals surface area contributed by atoms with Gasteiger partial charge in [-0.25, -0.2) is 0 Å². The van der Waals surface area contributed by atoms with Crippen LogP contribution < -0.4 is 0 Å². The van der Waals surface area contributed by atoms with Crippen LogP contribution in [0, 0.1) is 5.92 Å². The molecule has 0 aromatic heterocycles. The van der Waals surface area contributed by atoms with E-state index in [9.17, 15) is 4.79 Å². The summed E-state index contributed by atoms with van der Waals surface area (Å²) in [6.07, 6.45) is 8.43. The van der Waals surface area contributed by atoms with Crippen molar-refractivity contribution in [2.75, 3.05) is 6.61 Å². The maximum atomic E-state index is 11.8. The lowest BCUT2D eigenvalue weighted by atomic mass is 10.1. The van der Waals surface area contributed by atoms with Gasteiger partial charge in [0.1, 0.15) is 5.25 Å². The molecule has 88 valence electrons. The van der Waals surface area contributed by atoms with E-state index >= 15 is 0 Å². The summed E-state index contributed by atoms with van der Waals surface area (Å²) in [4.78, 5) is 11.8. The Bertz CT molecular complexity index is 329. The molecule has 3 unspecified atom stereocenters. The van der Waals surface area contributed by atoms with Gasteiger partial charge in [0.15, 0.2) is 0 Å². The summed E-state index contributed by atoms with van der Waals surface area (Å²) in [5, 5.41) is 0.613. The summed E-state index contributed by atoms with van der Waals surface area (Å²) in [5.74, 6) is 0.398. The highest BCUT2D eigenvalue weighted by Crippen LogP contribution is 2.45. The van der Waals surface area contributed by atoms with Crippen LogP contribution in [0.5, 0.6) is 0 Å². The van der Waals surface area contributed by atoms with E-state index in [4.69, 9.17) is 4.74 Å². The third-order valence-corrected chi connectivity index (χ3v) is 4.47. The van der Waals surface area contributed by atoms with Gasteiger partial charge in [0, 0.05) is 11.2 Å². The fraction of sp³-hybridized carbons (Fsp3) is 0.615. The summed E-state index contributed by atoms with van der Waals surface area (Å²) in [5.41, 5.74) is 1.27. The molecule has 2 bridgehead atoms. The van der Waals surface area contributed by atoms with Crippen LogP contribution in [0.4, 0.5) is 0 Å². The molecule has 2 nitrogen and oxygen atoms in total. The van der Waals surface area contributed by atoms with Crippen LogP contribution in [-0.2, 0) is 9.53 Å². The Kier molecular flexibility index (Phi) is 3.74. The molecule has 1 saturated heterocycles. The van der Waals surface area contributed by atoms with Gasteiger partial charge in [-0.05, 0) is 26.7 Å². The van der Waals surface area contributed by atoms with E-state index in [1.807, 2.05) is 0 Å². The lowest BCUT2D eigenvalue weighted by Crippen LogP contribution is -2.24. The highest BCUT2D eigenvalue weighted by atomic mass is 32.2. The number of carbonyl (C=O) groups is 1. The monoisotopic (exact) mass is 238 g/mol. The van der Waals surface area contributed by atoms with Crippen molar-refractivity contribution in [3.63, 3.8) is 0 Å². The SMILES string of the molecule is CC(C)=CCCOC(=O)C1SC2C=CC1C2. The average Bonchev–Trinajstić information content (AvgIpc) is 2.85. The van der Waals surface area contributed by atoms with E-state index in [0.29, 0.717) is 17.8 Å². The smallest absolute Gasteiger partial charge is 0.319 e. The van der Waals surface area contributed by atoms with Crippen molar-refractivity contribution in [1.29, 1.82) is 0 Å². The number of thioether (sulfide) groups is 1. The number of fused-ring (bicyclic) bond motifs is 2. The second-order valence-corrected chi connectivity index (χ2v) is 6.00. The van der Waals surface area contributed by atoms with Crippen molar-refractivity contribution in [3.05, 3.63) is 23.8 Å². The second kappa shape index (κ2) is 5.09. The molecule has 0 spiro atoms. The number of rotatable bonds is 4. The third kappa shape index (κ3) is 2.70. The van der Waals surface area contributed by atoms with E-state index in [1.54, 1.807) is 11.8 Å². The molecule has 0 aromatic rings. The van der Waals surface area contributed by atoms with Crippen molar-refractivity contribution < 1.29 is 9.53 Å². The van der Waals surface area contributed by atoms with Gasteiger partial charge in [0.2, 0.25) is 0 Å². The third-order valence-electron chi connectivity index (χ3n) is 2.93. The normalized spacial score (nSPS) is 30.5. The van der Waals surface area contributed by atoms with Crippen LogP contribution in [0.15, 0.2) is 23.8 Å². The topological polar surface area (TPSA) is 26.3 Å². The molecule has 0 aromatic carbocycles. The van der Waals surface area contributed by atoms with Gasteiger partial charge in [-0.15, -0.1) is 11.8 Å². The highest BCUT2D eigenvalue weighted by Gasteiger charge is 2.41. The molecule has 1 fully saturated rings. The number of hydrogen-bond acceptors (Lipinski definition) is 3. The van der Waals surface area contributed by atoms with Crippen LogP contribution in [0.3, 0.4) is 0 Å². The summed E-state index contributed by atoms with van der Waals surface area (Å²) in [7, 11) is 0. The number of ether oxygens (including phenoxy) is 1. The highest BCUT2D eigenvalue weighted by molar-refractivity contribution is 8.01. The molecule has 0 amide bonds. The number of allylic oxidation sites excluding steroid dienone is 2. The second-order valence-electron chi connectivity index (χ2n) is 4.62. The van der Waals surface area contributed by atoms with Crippen molar-refractivity contribution in [3.8, 4) is 0 Å². The number of hydrogen-bond donors (Lipinski definition) is 0. The molecule has 1 aliphatic carbocycles. The quantitative estimate of drug-likeness (QED) is 0.428. The Balaban J connectivity index is 1.73. The van der Waals surface area contributed by atoms with E-state index in [2.05, 4.69) is 32.1 Å². The first-order valence-corrected chi connectivity index (χ1v) is 6.75. The lowest BCUT2D eigenvalue weighted by molar-refractivity contribution is -0.143. The molecule has 2 rings (SSSR count). The predicted octanol–water partition coefficient (Wildman–Crippen LogP) is 2.95. The molecule has 3 atom stereocenters. The van der Waals surface area contributed by atoms with E-state index < -0.39 is 0 Å². The maximum Gasteiger partial charge on any atom is 0.319 e. The number of esters is 1. The molecular formula is C13H18O2S. The molecular weight excluding hydrogens is 220 g/mol. The zero-order valence-corrected chi connectivity index (χ0v) is 10.6. The Hall–Kier alpha value is -0.700. The largest absolute Gasteiger partial charge is 0.465 e. The molecule has 16 heavy (non-hydrogen) atoms. The van der Waals surface area contributed by atoms with Crippen LogP contribution >= 0.6 is 11.8 Å². The Labute approximate surface area is 101 Å². The molecule has 3 heteroatoms. The van der Waals surface area contributed by atoms with Crippen LogP contribution in [-0.4, -0.2) is 23.1 Å². The Morgan fingerprint density at radius 3 is 2.88 bits per heavy atom. The summed E-state index contributed by atoms with van der Waals surface area (Å²) < 4.78 is 5.29. The van der Waals surface area contributed by atoms with E-state index in [-0.39, 0.29) is 11.2 Å². The summed E-state index contributed by atoms with van der Waals surface area (Å²) >= 11 is 1.76. The zero-order valence-electron chi connectivity index (χ0n) is 9.81. The average molecular weight is 238 g/mol. The minimum Gasteiger partial charge on any atom is -0.465 e. The van der Waals surface area contributed by atoms with Gasteiger partial charge in [-0.3, -0.25) is 4.79 Å². The van der Waals surface area contributed by atoms with Crippen molar-refractivity contribution in [2.45, 2.75) is 37.2 Å². The molecule has 0 N–H and O–H groups in total.